The number of rotatable bonds is 6. The number of hydrogen-bond acceptors (Lipinski definition) is 8. The molecule has 9 heteroatoms. The smallest absolute Gasteiger partial charge is 0.211 e. The highest BCUT2D eigenvalue weighted by molar-refractivity contribution is 6.11. The third-order valence-corrected chi connectivity index (χ3v) is 2.65. The fourth-order valence-electron chi connectivity index (χ4n) is 1.67. The molecule has 2 rings (SSSR count). The van der Waals surface area contributed by atoms with Crippen LogP contribution in [0.15, 0.2) is 36.3 Å². The molecular weight excluding hydrogens is 292 g/mol. The van der Waals surface area contributed by atoms with E-state index in [9.17, 15) is 24.6 Å². The number of carbonyl (C=O) groups excluding carboxylic acids is 3. The lowest BCUT2D eigenvalue weighted by Crippen LogP contribution is -2.36. The number of fused-ring (bicyclic) bond motifs is 1. The predicted molar refractivity (Wildman–Crippen MR) is 70.9 cm³/mol. The highest BCUT2D eigenvalue weighted by atomic mass is 16.4. The van der Waals surface area contributed by atoms with Gasteiger partial charge in [-0.25, -0.2) is 9.97 Å². The van der Waals surface area contributed by atoms with Crippen LogP contribution in [0.1, 0.15) is 0 Å². The third kappa shape index (κ3) is 3.15. The molecule has 0 saturated carbocycles. The summed E-state index contributed by atoms with van der Waals surface area (Å²) in [5.74, 6) is -3.64. The molecule has 0 aliphatic heterocycles. The number of nitrogens with zero attached hydrogens (tertiary/aromatic N) is 2. The molecule has 9 nitrogen and oxygen atoms in total. The predicted octanol–water partition coefficient (Wildman–Crippen LogP) is -2.01. The summed E-state index contributed by atoms with van der Waals surface area (Å²) < 4.78 is 0. The van der Waals surface area contributed by atoms with Gasteiger partial charge in [0.2, 0.25) is 6.41 Å². The molecule has 1 heterocycles. The van der Waals surface area contributed by atoms with Gasteiger partial charge in [0.15, 0.2) is 0 Å². The van der Waals surface area contributed by atoms with Crippen molar-refractivity contribution in [1.82, 2.24) is 9.97 Å². The number of anilines is 2. The molecule has 1 aromatic carbocycles. The third-order valence-electron chi connectivity index (χ3n) is 2.65. The van der Waals surface area contributed by atoms with E-state index in [1.807, 2.05) is 0 Å². The van der Waals surface area contributed by atoms with E-state index in [2.05, 4.69) is 20.6 Å². The van der Waals surface area contributed by atoms with Gasteiger partial charge in [-0.05, 0) is 18.2 Å². The van der Waals surface area contributed by atoms with E-state index >= 15 is 0 Å². The van der Waals surface area contributed by atoms with Crippen molar-refractivity contribution in [2.75, 3.05) is 10.6 Å². The minimum absolute atomic E-state index is 0.152. The Bertz CT molecular complexity index is 771. The molecule has 0 atom stereocenters. The summed E-state index contributed by atoms with van der Waals surface area (Å²) in [4.78, 5) is 39.6. The number of amides is 1. The highest BCUT2D eigenvalue weighted by Crippen LogP contribution is 2.23. The number of carbonyl (C=O) groups is 3. The van der Waals surface area contributed by atoms with Crippen LogP contribution in [-0.4, -0.2) is 28.3 Å². The standard InChI is InChI=1S/C13H10N4O5/c18-6-17-7-1-2-10-8(3-7)11(16-5-15-10)14-4-9(12(19)20)13(21)22/h1-6H,(H,17,18)(H,19,20)(H,21,22)(H,14,15,16)/p-2. The van der Waals surface area contributed by atoms with Gasteiger partial charge in [-0.1, -0.05) is 0 Å². The maximum absolute atomic E-state index is 10.6. The van der Waals surface area contributed by atoms with Gasteiger partial charge in [0.05, 0.1) is 17.5 Å². The zero-order chi connectivity index (χ0) is 16.1. The minimum Gasteiger partial charge on any atom is -0.545 e. The molecule has 1 amide bonds. The normalized spacial score (nSPS) is 9.82. The minimum atomic E-state index is -1.89. The average Bonchev–Trinajstić information content (AvgIpc) is 2.47. The Labute approximate surface area is 123 Å². The lowest BCUT2D eigenvalue weighted by molar-refractivity contribution is -0.312. The SMILES string of the molecule is O=CNc1ccc2ncnc(NC=C(C(=O)[O-])C(=O)[O-])c2c1. The molecule has 112 valence electrons. The number of benzene rings is 1. The van der Waals surface area contributed by atoms with Crippen molar-refractivity contribution in [3.63, 3.8) is 0 Å². The van der Waals surface area contributed by atoms with Crippen LogP contribution >= 0.6 is 0 Å². The molecule has 22 heavy (non-hydrogen) atoms. The number of aliphatic carboxylic acids is 2. The first-order valence-corrected chi connectivity index (χ1v) is 5.87. The molecule has 0 spiro atoms. The monoisotopic (exact) mass is 300 g/mol. The number of carboxylic acids is 2. The highest BCUT2D eigenvalue weighted by Gasteiger charge is 2.05. The Balaban J connectivity index is 2.44. The van der Waals surface area contributed by atoms with E-state index in [0.29, 0.717) is 29.2 Å². The first kappa shape index (κ1) is 14.9. The quantitative estimate of drug-likeness (QED) is 0.269. The first-order chi connectivity index (χ1) is 10.5. The van der Waals surface area contributed by atoms with Crippen molar-refractivity contribution in [1.29, 1.82) is 0 Å². The maximum Gasteiger partial charge on any atom is 0.211 e. The molecule has 2 aromatic rings. The fraction of sp³-hybridized carbons (Fsp3) is 0. The molecule has 0 aliphatic rings. The van der Waals surface area contributed by atoms with Crippen molar-refractivity contribution < 1.29 is 24.6 Å². The van der Waals surface area contributed by atoms with Crippen LogP contribution in [0.25, 0.3) is 10.9 Å². The summed E-state index contributed by atoms with van der Waals surface area (Å²) in [6.45, 7) is 0. The van der Waals surface area contributed by atoms with E-state index in [4.69, 9.17) is 0 Å². The van der Waals surface area contributed by atoms with Gasteiger partial charge in [0, 0.05) is 22.8 Å². The van der Waals surface area contributed by atoms with E-state index < -0.39 is 17.5 Å². The van der Waals surface area contributed by atoms with Crippen LogP contribution in [0.4, 0.5) is 11.5 Å². The van der Waals surface area contributed by atoms with Crippen LogP contribution in [-0.2, 0) is 14.4 Å². The molecule has 0 saturated heterocycles. The van der Waals surface area contributed by atoms with Gasteiger partial charge < -0.3 is 30.4 Å². The van der Waals surface area contributed by atoms with Gasteiger partial charge in [0.1, 0.15) is 12.1 Å². The van der Waals surface area contributed by atoms with Crippen LogP contribution in [0.2, 0.25) is 0 Å². The van der Waals surface area contributed by atoms with Gasteiger partial charge in [-0.2, -0.15) is 0 Å². The number of carboxylic acid groups (broad SMARTS) is 2. The van der Waals surface area contributed by atoms with E-state index in [-0.39, 0.29) is 5.82 Å². The summed E-state index contributed by atoms with van der Waals surface area (Å²) >= 11 is 0. The average molecular weight is 300 g/mol. The van der Waals surface area contributed by atoms with Gasteiger partial charge in [-0.3, -0.25) is 4.79 Å². The summed E-state index contributed by atoms with van der Waals surface area (Å²) in [5, 5.41) is 26.6. The van der Waals surface area contributed by atoms with Crippen molar-refractivity contribution in [2.24, 2.45) is 0 Å². The topological polar surface area (TPSA) is 147 Å². The first-order valence-electron chi connectivity index (χ1n) is 5.87. The zero-order valence-corrected chi connectivity index (χ0v) is 10.9. The second-order valence-electron chi connectivity index (χ2n) is 3.99. The molecule has 2 N–H and O–H groups in total. The molecule has 1 aromatic heterocycles. The number of aromatic nitrogens is 2. The fourth-order valence-corrected chi connectivity index (χ4v) is 1.67. The summed E-state index contributed by atoms with van der Waals surface area (Å²) in [7, 11) is 0. The van der Waals surface area contributed by atoms with Crippen molar-refractivity contribution in [3.8, 4) is 0 Å². The zero-order valence-electron chi connectivity index (χ0n) is 10.9. The molecule has 0 unspecified atom stereocenters. The molecule has 0 fully saturated rings. The summed E-state index contributed by atoms with van der Waals surface area (Å²) in [6.07, 6.45) is 2.40. The Morgan fingerprint density at radius 2 is 1.82 bits per heavy atom. The van der Waals surface area contributed by atoms with Crippen molar-refractivity contribution in [2.45, 2.75) is 0 Å². The van der Waals surface area contributed by atoms with Crippen molar-refractivity contribution >= 4 is 40.8 Å². The molecule has 0 bridgehead atoms. The van der Waals surface area contributed by atoms with Gasteiger partial charge in [-0.15, -0.1) is 0 Å². The van der Waals surface area contributed by atoms with Crippen LogP contribution in [0.5, 0.6) is 0 Å². The molecule has 0 aliphatic carbocycles. The van der Waals surface area contributed by atoms with Crippen LogP contribution in [0.3, 0.4) is 0 Å². The van der Waals surface area contributed by atoms with E-state index in [1.165, 1.54) is 12.4 Å². The lowest BCUT2D eigenvalue weighted by Gasteiger charge is -2.11. The summed E-state index contributed by atoms with van der Waals surface area (Å²) in [5.41, 5.74) is -0.0934. The molecular formula is C13H8N4O5-2. The van der Waals surface area contributed by atoms with Gasteiger partial charge >= 0.3 is 0 Å². The van der Waals surface area contributed by atoms with Crippen molar-refractivity contribution in [3.05, 3.63) is 36.3 Å². The van der Waals surface area contributed by atoms with Crippen LogP contribution in [0, 0.1) is 0 Å². The Morgan fingerprint density at radius 3 is 2.45 bits per heavy atom. The van der Waals surface area contributed by atoms with Gasteiger partial charge in [0.25, 0.3) is 0 Å². The number of hydrogen-bond donors (Lipinski definition) is 2. The summed E-state index contributed by atoms with van der Waals surface area (Å²) in [6, 6.07) is 4.75. The number of nitrogens with one attached hydrogen (secondary N) is 2. The lowest BCUT2D eigenvalue weighted by atomic mass is 10.2. The Hall–Kier alpha value is -3.49. The second-order valence-corrected chi connectivity index (χ2v) is 3.99. The maximum atomic E-state index is 10.6. The van der Waals surface area contributed by atoms with E-state index in [0.717, 1.165) is 0 Å². The Kier molecular flexibility index (Phi) is 4.27. The Morgan fingerprint density at radius 1 is 1.09 bits per heavy atom. The van der Waals surface area contributed by atoms with E-state index in [1.54, 1.807) is 12.1 Å². The molecule has 0 radical (unpaired) electrons. The van der Waals surface area contributed by atoms with Crippen LogP contribution < -0.4 is 20.8 Å². The largest absolute Gasteiger partial charge is 0.545 e. The second kappa shape index (κ2) is 6.31.